The Kier molecular flexibility index (Phi) is 5.85. The zero-order valence-corrected chi connectivity index (χ0v) is 15.1. The molecule has 134 valence electrons. The highest BCUT2D eigenvalue weighted by Gasteiger charge is 2.34. The van der Waals surface area contributed by atoms with Crippen molar-refractivity contribution in [1.29, 1.82) is 0 Å². The number of hydrogen-bond acceptors (Lipinski definition) is 5. The fourth-order valence-corrected chi connectivity index (χ4v) is 4.29. The fraction of sp³-hybridized carbons (Fsp3) is 0.684. The average Bonchev–Trinajstić information content (AvgIpc) is 3.29. The molecule has 2 aliphatic rings. The molecule has 1 saturated carbocycles. The topological polar surface area (TPSA) is 51.8 Å². The van der Waals surface area contributed by atoms with Crippen molar-refractivity contribution in [3.63, 3.8) is 0 Å². The summed E-state index contributed by atoms with van der Waals surface area (Å²) in [5, 5.41) is 7.45. The first-order chi connectivity index (χ1) is 11.8. The monoisotopic (exact) mass is 334 g/mol. The molecule has 0 amide bonds. The van der Waals surface area contributed by atoms with Crippen LogP contribution < -0.4 is 24.8 Å². The van der Waals surface area contributed by atoms with Crippen LogP contribution in [0.3, 0.4) is 0 Å². The molecular formula is C19H30N2O3. The summed E-state index contributed by atoms with van der Waals surface area (Å²) in [5.41, 5.74) is 1.16. The summed E-state index contributed by atoms with van der Waals surface area (Å²) < 4.78 is 16.3. The first kappa shape index (κ1) is 17.4. The van der Waals surface area contributed by atoms with E-state index in [-0.39, 0.29) is 0 Å². The molecule has 1 aromatic rings. The Morgan fingerprint density at radius 3 is 2.33 bits per heavy atom. The summed E-state index contributed by atoms with van der Waals surface area (Å²) in [5.74, 6) is 2.84. The van der Waals surface area contributed by atoms with Crippen LogP contribution >= 0.6 is 0 Å². The van der Waals surface area contributed by atoms with E-state index in [9.17, 15) is 0 Å². The van der Waals surface area contributed by atoms with Gasteiger partial charge in [-0.2, -0.15) is 0 Å². The highest BCUT2D eigenvalue weighted by atomic mass is 16.5. The maximum Gasteiger partial charge on any atom is 0.203 e. The average molecular weight is 334 g/mol. The predicted molar refractivity (Wildman–Crippen MR) is 95.1 cm³/mol. The van der Waals surface area contributed by atoms with E-state index in [1.54, 1.807) is 21.3 Å². The molecule has 1 aliphatic heterocycles. The molecule has 0 aromatic heterocycles. The van der Waals surface area contributed by atoms with Crippen LogP contribution in [0.4, 0.5) is 0 Å². The molecule has 1 saturated heterocycles. The molecule has 2 fully saturated rings. The lowest BCUT2D eigenvalue weighted by atomic mass is 9.93. The molecule has 3 unspecified atom stereocenters. The second kappa shape index (κ2) is 8.08. The summed E-state index contributed by atoms with van der Waals surface area (Å²) in [4.78, 5) is 0. The van der Waals surface area contributed by atoms with Crippen molar-refractivity contribution in [2.24, 2.45) is 5.92 Å². The SMILES string of the molecule is COc1cc(CNC2CCCC2C2CCCN2)cc(OC)c1OC. The number of methoxy groups -OCH3 is 3. The molecule has 1 aliphatic carbocycles. The normalized spacial score (nSPS) is 26.5. The highest BCUT2D eigenvalue weighted by molar-refractivity contribution is 5.53. The van der Waals surface area contributed by atoms with Gasteiger partial charge in [-0.3, -0.25) is 0 Å². The quantitative estimate of drug-likeness (QED) is 0.803. The van der Waals surface area contributed by atoms with E-state index >= 15 is 0 Å². The lowest BCUT2D eigenvalue weighted by Crippen LogP contribution is -2.41. The van der Waals surface area contributed by atoms with Gasteiger partial charge in [-0.25, -0.2) is 0 Å². The second-order valence-electron chi connectivity index (χ2n) is 6.82. The molecule has 2 N–H and O–H groups in total. The van der Waals surface area contributed by atoms with Crippen molar-refractivity contribution >= 4 is 0 Å². The van der Waals surface area contributed by atoms with Crippen molar-refractivity contribution in [1.82, 2.24) is 10.6 Å². The maximum atomic E-state index is 5.45. The van der Waals surface area contributed by atoms with Crippen molar-refractivity contribution < 1.29 is 14.2 Å². The van der Waals surface area contributed by atoms with Gasteiger partial charge in [0.1, 0.15) is 0 Å². The highest BCUT2D eigenvalue weighted by Crippen LogP contribution is 2.38. The summed E-state index contributed by atoms with van der Waals surface area (Å²) in [6.07, 6.45) is 6.58. The van der Waals surface area contributed by atoms with Crippen LogP contribution in [0.15, 0.2) is 12.1 Å². The summed E-state index contributed by atoms with van der Waals surface area (Å²) in [6, 6.07) is 5.36. The van der Waals surface area contributed by atoms with Gasteiger partial charge in [0.15, 0.2) is 11.5 Å². The summed E-state index contributed by atoms with van der Waals surface area (Å²) in [7, 11) is 4.95. The third-order valence-electron chi connectivity index (χ3n) is 5.48. The Balaban J connectivity index is 1.67. The largest absolute Gasteiger partial charge is 0.493 e. The van der Waals surface area contributed by atoms with Crippen LogP contribution in [0, 0.1) is 5.92 Å². The molecule has 5 nitrogen and oxygen atoms in total. The Bertz CT molecular complexity index is 518. The first-order valence-corrected chi connectivity index (χ1v) is 9.02. The standard InChI is InChI=1S/C19H30N2O3/c1-22-17-10-13(11-18(23-2)19(17)24-3)12-21-16-7-4-6-14(16)15-8-5-9-20-15/h10-11,14-16,20-21H,4-9,12H2,1-3H3. The number of ether oxygens (including phenoxy) is 3. The molecule has 3 atom stereocenters. The van der Waals surface area contributed by atoms with Gasteiger partial charge in [0, 0.05) is 18.6 Å². The minimum Gasteiger partial charge on any atom is -0.493 e. The van der Waals surface area contributed by atoms with Gasteiger partial charge in [0.2, 0.25) is 5.75 Å². The van der Waals surface area contributed by atoms with E-state index in [4.69, 9.17) is 14.2 Å². The zero-order valence-electron chi connectivity index (χ0n) is 15.1. The molecule has 24 heavy (non-hydrogen) atoms. The van der Waals surface area contributed by atoms with Gasteiger partial charge < -0.3 is 24.8 Å². The Morgan fingerprint density at radius 1 is 1.00 bits per heavy atom. The van der Waals surface area contributed by atoms with Crippen LogP contribution in [0.2, 0.25) is 0 Å². The molecule has 0 spiro atoms. The third-order valence-corrected chi connectivity index (χ3v) is 5.48. The summed E-state index contributed by atoms with van der Waals surface area (Å²) in [6.45, 7) is 2.01. The Labute approximate surface area is 145 Å². The van der Waals surface area contributed by atoms with E-state index in [0.717, 1.165) is 18.0 Å². The van der Waals surface area contributed by atoms with Crippen LogP contribution in [-0.2, 0) is 6.54 Å². The van der Waals surface area contributed by atoms with E-state index < -0.39 is 0 Å². The predicted octanol–water partition coefficient (Wildman–Crippen LogP) is 2.72. The zero-order chi connectivity index (χ0) is 16.9. The van der Waals surface area contributed by atoms with Crippen molar-refractivity contribution in [2.75, 3.05) is 27.9 Å². The molecular weight excluding hydrogens is 304 g/mol. The van der Waals surface area contributed by atoms with Gasteiger partial charge >= 0.3 is 0 Å². The molecule has 1 aromatic carbocycles. The number of nitrogens with one attached hydrogen (secondary N) is 2. The van der Waals surface area contributed by atoms with E-state index in [2.05, 4.69) is 10.6 Å². The molecule has 3 rings (SSSR count). The smallest absolute Gasteiger partial charge is 0.203 e. The Hall–Kier alpha value is -1.46. The Morgan fingerprint density at radius 2 is 1.75 bits per heavy atom. The minimum absolute atomic E-state index is 0.597. The van der Waals surface area contributed by atoms with Gasteiger partial charge in [0.05, 0.1) is 21.3 Å². The van der Waals surface area contributed by atoms with Gasteiger partial charge in [-0.1, -0.05) is 6.42 Å². The number of benzene rings is 1. The van der Waals surface area contributed by atoms with E-state index in [0.29, 0.717) is 29.3 Å². The minimum atomic E-state index is 0.597. The van der Waals surface area contributed by atoms with E-state index in [1.807, 2.05) is 12.1 Å². The van der Waals surface area contributed by atoms with Gasteiger partial charge in [-0.05, 0) is 55.8 Å². The molecule has 5 heteroatoms. The lowest BCUT2D eigenvalue weighted by Gasteiger charge is -2.27. The van der Waals surface area contributed by atoms with Crippen LogP contribution in [-0.4, -0.2) is 40.0 Å². The third kappa shape index (κ3) is 3.62. The van der Waals surface area contributed by atoms with Gasteiger partial charge in [-0.15, -0.1) is 0 Å². The van der Waals surface area contributed by atoms with Crippen molar-refractivity contribution in [3.8, 4) is 17.2 Å². The number of rotatable bonds is 7. The maximum absolute atomic E-state index is 5.45. The van der Waals surface area contributed by atoms with E-state index in [1.165, 1.54) is 38.6 Å². The fourth-order valence-electron chi connectivity index (χ4n) is 4.29. The van der Waals surface area contributed by atoms with Crippen LogP contribution in [0.25, 0.3) is 0 Å². The number of hydrogen-bond donors (Lipinski definition) is 2. The van der Waals surface area contributed by atoms with Crippen molar-refractivity contribution in [3.05, 3.63) is 17.7 Å². The van der Waals surface area contributed by atoms with Crippen molar-refractivity contribution in [2.45, 2.75) is 50.7 Å². The second-order valence-corrected chi connectivity index (χ2v) is 6.82. The lowest BCUT2D eigenvalue weighted by molar-refractivity contribution is 0.316. The van der Waals surface area contributed by atoms with Crippen LogP contribution in [0.1, 0.15) is 37.7 Å². The molecule has 1 heterocycles. The van der Waals surface area contributed by atoms with Gasteiger partial charge in [0.25, 0.3) is 0 Å². The molecule has 0 bridgehead atoms. The first-order valence-electron chi connectivity index (χ1n) is 9.02. The summed E-state index contributed by atoms with van der Waals surface area (Å²) >= 11 is 0. The van der Waals surface area contributed by atoms with Crippen LogP contribution in [0.5, 0.6) is 17.2 Å². The molecule has 0 radical (unpaired) electrons.